The monoisotopic (exact) mass is 1700 g/mol. The second kappa shape index (κ2) is 47.5. The molecular weight excluding hydrogens is 1590 g/mol. The van der Waals surface area contributed by atoms with Crippen LogP contribution < -0.4 is 21.3 Å². The number of carbonyl (C=O) groups is 4. The zero-order valence-corrected chi connectivity index (χ0v) is 74.0. The summed E-state index contributed by atoms with van der Waals surface area (Å²) in [4.78, 5) is 86.6. The maximum absolute atomic E-state index is 11.1. The third-order valence-corrected chi connectivity index (χ3v) is 22.8. The van der Waals surface area contributed by atoms with Gasteiger partial charge in [0.15, 0.2) is 23.3 Å². The fraction of sp³-hybridized carbons (Fsp3) is 0.278. The van der Waals surface area contributed by atoms with Gasteiger partial charge in [-0.15, -0.1) is 51.9 Å². The summed E-state index contributed by atoms with van der Waals surface area (Å²) in [6, 6.07) is 36.7. The van der Waals surface area contributed by atoms with Crippen molar-refractivity contribution < 1.29 is 39.6 Å². The van der Waals surface area contributed by atoms with Crippen LogP contribution >= 0.6 is 45.3 Å². The number of unbranched alkanes of at least 4 members (excludes halogenated alkanes) is 4. The van der Waals surface area contributed by atoms with Crippen molar-refractivity contribution in [2.24, 2.45) is 0 Å². The Morgan fingerprint density at radius 3 is 0.893 bits per heavy atom. The molecule has 121 heavy (non-hydrogen) atoms. The first-order valence-corrected chi connectivity index (χ1v) is 44.7. The number of rotatable bonds is 37. The standard InChI is InChI=1S/C26H29N3O2S.2C24H27N3O2S.C23H25N3O2S/c1-4-7-8-10-19-15-23(32-17-19)26-28-22(6-3)21(9-5-2)25(29-26)27-20-13-11-18(12-14-20)16-24(30)31;1-4-6-7-8-18-13-21(30-15-18)24-25-16(3)20(5-2)23(27-24)26-19-11-9-17(10-12-19)14-22(28)29;1-4-7-8-9-16-14-21(30-15-16)23-26-20(6-3)19(5-2)22(27-23)25-18-12-10-17(11-13-18)24(28)29;1-4-6-7-8-16-13-20(29-14-16)22-24-15(3)19(5-2)21(26-22)25-18-11-9-17(10-12-18)23(27)28/h5,8,10-15,17H,2,4,6-7,9,16H2,1,3H3,(H,30,31)(H,27,28,29);7-13,15H,4-6,14H2,1-3H3,(H,28,29)(H,25,26,27);8-15H,4-7H2,1-3H3,(H,28,29)(H,25,26,27);7-14H,4-6H2,1-3H3,(H,27,28)(H,24,25,26)/b10-8+;8-7+;9-8+;8-7+. The Bertz CT molecular complexity index is 5570. The number of hydrogen-bond donors (Lipinski definition) is 8. The molecule has 628 valence electrons. The molecule has 4 aromatic carbocycles. The minimum absolute atomic E-state index is 0.00699. The predicted molar refractivity (Wildman–Crippen MR) is 503 cm³/mol. The molecule has 12 rings (SSSR count). The summed E-state index contributed by atoms with van der Waals surface area (Å²) in [6.45, 7) is 27.0. The largest absolute Gasteiger partial charge is 0.481 e. The van der Waals surface area contributed by atoms with Crippen LogP contribution in [0.15, 0.2) is 180 Å². The van der Waals surface area contributed by atoms with Gasteiger partial charge in [0.25, 0.3) is 0 Å². The fourth-order valence-electron chi connectivity index (χ4n) is 12.7. The smallest absolute Gasteiger partial charge is 0.335 e. The number of aromatic carboxylic acids is 2. The molecule has 0 aliphatic rings. The molecule has 20 nitrogen and oxygen atoms in total. The third-order valence-electron chi connectivity index (χ3n) is 19.0. The van der Waals surface area contributed by atoms with Crippen molar-refractivity contribution in [2.45, 2.75) is 179 Å². The predicted octanol–water partition coefficient (Wildman–Crippen LogP) is 25.9. The van der Waals surface area contributed by atoms with Gasteiger partial charge in [-0.3, -0.25) is 9.59 Å². The molecule has 0 aliphatic carbocycles. The average molecular weight is 1700 g/mol. The minimum atomic E-state index is -0.938. The van der Waals surface area contributed by atoms with E-state index < -0.39 is 23.9 Å². The molecule has 0 fully saturated rings. The van der Waals surface area contributed by atoms with Gasteiger partial charge in [0.2, 0.25) is 0 Å². The van der Waals surface area contributed by atoms with Crippen LogP contribution in [-0.2, 0) is 61.0 Å². The molecule has 8 aromatic heterocycles. The maximum atomic E-state index is 11.1. The minimum Gasteiger partial charge on any atom is -0.481 e. The fourth-order valence-corrected chi connectivity index (χ4v) is 16.0. The van der Waals surface area contributed by atoms with Gasteiger partial charge in [-0.25, -0.2) is 49.5 Å². The highest BCUT2D eigenvalue weighted by Gasteiger charge is 2.21. The SMILES string of the molecule is C=CCc1c(CC)nc(-c2cc(/C=C/CCC)cs2)nc1Nc1ccc(CC(=O)O)cc1.CCC/C=C/c1csc(-c2nc(C)c(CC)c(Nc3ccc(C(=O)O)cc3)n2)c1.CCC/C=C/c1csc(-c2nc(C)c(CC)c(Nc3ccc(CC(=O)O)cc3)n2)c1.CCC/C=C/c1csc(-c2nc(CC)c(CC)c(Nc3ccc(C(=O)O)cc3)n2)c1. The molecule has 0 unspecified atom stereocenters. The number of carboxylic acid groups (broad SMARTS) is 4. The second-order valence-corrected chi connectivity index (χ2v) is 32.0. The van der Waals surface area contributed by atoms with E-state index in [0.29, 0.717) is 23.9 Å². The molecule has 0 atom stereocenters. The summed E-state index contributed by atoms with van der Waals surface area (Å²) in [7, 11) is 0. The summed E-state index contributed by atoms with van der Waals surface area (Å²) in [5, 5.41) is 58.1. The van der Waals surface area contributed by atoms with E-state index in [1.807, 2.05) is 68.5 Å². The van der Waals surface area contributed by atoms with Gasteiger partial charge in [0, 0.05) is 67.8 Å². The number of benzene rings is 4. The topological polar surface area (TPSA) is 300 Å². The number of thiophene rings is 4. The van der Waals surface area contributed by atoms with Crippen molar-refractivity contribution in [1.82, 2.24) is 39.9 Å². The summed E-state index contributed by atoms with van der Waals surface area (Å²) in [5.41, 5.74) is 18.2. The Balaban J connectivity index is 0.000000183. The van der Waals surface area contributed by atoms with Crippen molar-refractivity contribution in [1.29, 1.82) is 0 Å². The first-order chi connectivity index (χ1) is 58.6. The average Bonchev–Trinajstić information content (AvgIpc) is 1.75. The Morgan fingerprint density at radius 1 is 0.355 bits per heavy atom. The number of aliphatic carboxylic acids is 2. The molecule has 0 aliphatic heterocycles. The molecule has 24 heteroatoms. The third kappa shape index (κ3) is 27.7. The van der Waals surface area contributed by atoms with Gasteiger partial charge >= 0.3 is 23.9 Å². The lowest BCUT2D eigenvalue weighted by molar-refractivity contribution is -0.137. The van der Waals surface area contributed by atoms with Crippen LogP contribution in [0.4, 0.5) is 46.0 Å². The molecule has 0 saturated heterocycles. The quantitative estimate of drug-likeness (QED) is 0.0168. The highest BCUT2D eigenvalue weighted by Crippen LogP contribution is 2.36. The van der Waals surface area contributed by atoms with E-state index in [2.05, 4.69) is 185 Å². The van der Waals surface area contributed by atoms with E-state index >= 15 is 0 Å². The van der Waals surface area contributed by atoms with Gasteiger partial charge in [-0.1, -0.05) is 167 Å². The molecule has 8 heterocycles. The molecule has 0 radical (unpaired) electrons. The highest BCUT2D eigenvalue weighted by atomic mass is 32.1. The van der Waals surface area contributed by atoms with Gasteiger partial charge in [-0.05, 0) is 230 Å². The molecule has 12 aromatic rings. The first kappa shape index (κ1) is 92.7. The van der Waals surface area contributed by atoms with Gasteiger partial charge in [0.1, 0.15) is 23.3 Å². The zero-order chi connectivity index (χ0) is 86.7. The number of carboxylic acids is 4. The molecular formula is C97H108N12O8S4. The number of aromatic nitrogens is 8. The van der Waals surface area contributed by atoms with Gasteiger partial charge in [-0.2, -0.15) is 0 Å². The lowest BCUT2D eigenvalue weighted by atomic mass is 10.1. The Morgan fingerprint density at radius 2 is 0.628 bits per heavy atom. The van der Waals surface area contributed by atoms with E-state index in [1.54, 1.807) is 93.9 Å². The maximum Gasteiger partial charge on any atom is 0.335 e. The molecule has 0 saturated carbocycles. The van der Waals surface area contributed by atoms with Crippen LogP contribution in [0.2, 0.25) is 0 Å². The first-order valence-electron chi connectivity index (χ1n) is 41.1. The van der Waals surface area contributed by atoms with Crippen LogP contribution in [0.3, 0.4) is 0 Å². The lowest BCUT2D eigenvalue weighted by Gasteiger charge is -2.15. The van der Waals surface area contributed by atoms with E-state index in [-0.39, 0.29) is 24.0 Å². The number of aryl methyl sites for hydroxylation is 4. The van der Waals surface area contributed by atoms with E-state index in [4.69, 9.17) is 60.3 Å². The van der Waals surface area contributed by atoms with E-state index in [0.717, 1.165) is 217 Å². The molecule has 0 bridgehead atoms. The van der Waals surface area contributed by atoms with Crippen molar-refractivity contribution in [3.63, 3.8) is 0 Å². The van der Waals surface area contributed by atoms with Gasteiger partial charge < -0.3 is 41.7 Å². The summed E-state index contributed by atoms with van der Waals surface area (Å²) in [5.74, 6) is 2.38. The molecule has 0 amide bonds. The lowest BCUT2D eigenvalue weighted by Crippen LogP contribution is -2.07. The molecule has 8 N–H and O–H groups in total. The summed E-state index contributed by atoms with van der Waals surface area (Å²) >= 11 is 6.57. The van der Waals surface area contributed by atoms with Crippen LogP contribution in [-0.4, -0.2) is 84.2 Å². The number of nitrogens with one attached hydrogen (secondary N) is 4. The highest BCUT2D eigenvalue weighted by molar-refractivity contribution is 7.14. The number of nitrogens with zero attached hydrogens (tertiary/aromatic N) is 8. The summed E-state index contributed by atoms with van der Waals surface area (Å²) in [6.07, 6.45) is 32.8. The van der Waals surface area contributed by atoms with Crippen LogP contribution in [0.1, 0.15) is 213 Å². The zero-order valence-electron chi connectivity index (χ0n) is 70.7. The van der Waals surface area contributed by atoms with Crippen molar-refractivity contribution in [3.8, 4) is 42.8 Å². The number of hydrogen-bond acceptors (Lipinski definition) is 20. The van der Waals surface area contributed by atoms with E-state index in [1.165, 1.54) is 16.7 Å². The van der Waals surface area contributed by atoms with Crippen LogP contribution in [0, 0.1) is 13.8 Å². The van der Waals surface area contributed by atoms with E-state index in [9.17, 15) is 19.2 Å². The van der Waals surface area contributed by atoms with Crippen LogP contribution in [0.5, 0.6) is 0 Å². The van der Waals surface area contributed by atoms with Crippen molar-refractivity contribution >= 4 is 140 Å². The Kier molecular flexibility index (Phi) is 36.4. The molecule has 0 spiro atoms. The Labute approximate surface area is 726 Å². The van der Waals surface area contributed by atoms with Crippen molar-refractivity contribution in [2.75, 3.05) is 21.3 Å². The Hall–Kier alpha value is -12.2. The summed E-state index contributed by atoms with van der Waals surface area (Å²) < 4.78 is 0. The number of allylic oxidation sites excluding steroid dienone is 5. The van der Waals surface area contributed by atoms with Crippen LogP contribution in [0.25, 0.3) is 67.1 Å². The van der Waals surface area contributed by atoms with Gasteiger partial charge in [0.05, 0.1) is 43.5 Å². The van der Waals surface area contributed by atoms with Crippen molar-refractivity contribution in [3.05, 3.63) is 269 Å². The number of anilines is 8. The second-order valence-electron chi connectivity index (χ2n) is 28.4. The normalized spacial score (nSPS) is 11.1.